The lowest BCUT2D eigenvalue weighted by atomic mass is 10.1. The summed E-state index contributed by atoms with van der Waals surface area (Å²) in [5.74, 6) is -2.70. The minimum Gasteiger partial charge on any atom is -0.480 e. The molecular formula is C39H62N12O11. The standard InChI is InChI=1S/C39H62N12O11/c52-34(46-32(38(57)58)27-44-37(56)30-6-7-33-31(25-30)26-45-51(33)12-4-9-41-39-42-10-11-43-39)5-2-1-3-8-40-35(53)28-49-17-15-47(21-23-61-59)13-14-48(22-24-62-60)16-18-50(20-19-49)29-36(54)55/h6-7,10-11,25-26,32,59-60H,1-5,8-9,12-24,27-29H2,(H,40,53)(H,44,56)(H,46,52)(H,54,55)(H,57,58)(H2,41,42,43)/t32-/m0/s1. The summed E-state index contributed by atoms with van der Waals surface area (Å²) in [6, 6.07) is 3.79. The minimum atomic E-state index is -1.33. The third kappa shape index (κ3) is 18.4. The zero-order valence-electron chi connectivity index (χ0n) is 35.1. The summed E-state index contributed by atoms with van der Waals surface area (Å²) in [7, 11) is 0. The minimum absolute atomic E-state index is 0.0661. The highest BCUT2D eigenvalue weighted by molar-refractivity contribution is 5.98. The molecule has 1 atom stereocenters. The highest BCUT2D eigenvalue weighted by Crippen LogP contribution is 2.16. The SMILES string of the molecule is O=C(O)CN1CCN(CCOO)CCN(CCOO)CCN(CC(=O)NCCCCCC(=O)N[C@@H](CNC(=O)c2ccc3c(cnn3CCCNc3ncc[nH]3)c2)C(=O)O)CC1. The maximum Gasteiger partial charge on any atom is 0.328 e. The van der Waals surface area contributed by atoms with Crippen molar-refractivity contribution in [3.8, 4) is 0 Å². The molecule has 3 heterocycles. The van der Waals surface area contributed by atoms with E-state index in [0.29, 0.717) is 116 Å². The fraction of sp³-hybridized carbons (Fsp3) is 0.615. The summed E-state index contributed by atoms with van der Waals surface area (Å²) in [4.78, 5) is 85.7. The lowest BCUT2D eigenvalue weighted by Gasteiger charge is -2.33. The normalized spacial score (nSPS) is 15.6. The number of aliphatic carboxylic acids is 2. The number of hydrogen-bond donors (Lipinski definition) is 9. The number of carboxylic acids is 2. The van der Waals surface area contributed by atoms with Gasteiger partial charge in [-0.2, -0.15) is 5.10 Å². The van der Waals surface area contributed by atoms with Gasteiger partial charge in [0, 0.05) is 121 Å². The molecule has 2 aromatic heterocycles. The van der Waals surface area contributed by atoms with Crippen LogP contribution in [-0.4, -0.2) is 207 Å². The Bertz CT molecular complexity index is 1810. The number of nitrogens with one attached hydrogen (secondary N) is 5. The van der Waals surface area contributed by atoms with Gasteiger partial charge in [0.25, 0.3) is 5.91 Å². The Hall–Kier alpha value is -5.27. The number of carbonyl (C=O) groups excluding carboxylic acids is 3. The van der Waals surface area contributed by atoms with E-state index in [9.17, 15) is 34.2 Å². The molecule has 9 N–H and O–H groups in total. The van der Waals surface area contributed by atoms with E-state index in [2.05, 4.69) is 55.9 Å². The van der Waals surface area contributed by atoms with Crippen molar-refractivity contribution in [1.29, 1.82) is 0 Å². The summed E-state index contributed by atoms with van der Waals surface area (Å²) in [5, 5.41) is 53.4. The molecule has 0 aliphatic carbocycles. The molecule has 0 saturated carbocycles. The van der Waals surface area contributed by atoms with E-state index < -0.39 is 29.8 Å². The van der Waals surface area contributed by atoms with Gasteiger partial charge in [-0.1, -0.05) is 6.42 Å². The van der Waals surface area contributed by atoms with E-state index in [-0.39, 0.29) is 45.2 Å². The van der Waals surface area contributed by atoms with Crippen LogP contribution in [0.25, 0.3) is 10.9 Å². The van der Waals surface area contributed by atoms with E-state index in [4.69, 9.17) is 10.5 Å². The van der Waals surface area contributed by atoms with Crippen LogP contribution in [-0.2, 0) is 35.5 Å². The highest BCUT2D eigenvalue weighted by Gasteiger charge is 2.22. The van der Waals surface area contributed by atoms with Gasteiger partial charge in [-0.3, -0.25) is 54.0 Å². The maximum absolute atomic E-state index is 13.0. The van der Waals surface area contributed by atoms with Gasteiger partial charge in [-0.05, 0) is 37.5 Å². The van der Waals surface area contributed by atoms with Gasteiger partial charge < -0.3 is 36.5 Å². The van der Waals surface area contributed by atoms with Gasteiger partial charge in [-0.25, -0.2) is 19.6 Å². The van der Waals surface area contributed by atoms with Gasteiger partial charge in [0.2, 0.25) is 11.8 Å². The number of hydrogen-bond acceptors (Lipinski definition) is 16. The molecule has 1 aliphatic heterocycles. The molecule has 1 aliphatic rings. The van der Waals surface area contributed by atoms with E-state index >= 15 is 0 Å². The summed E-state index contributed by atoms with van der Waals surface area (Å²) >= 11 is 0. The first kappa shape index (κ1) is 49.4. The third-order valence-corrected chi connectivity index (χ3v) is 10.4. The molecular weight excluding hydrogens is 813 g/mol. The van der Waals surface area contributed by atoms with Crippen molar-refractivity contribution in [3.05, 3.63) is 42.4 Å². The zero-order chi connectivity index (χ0) is 44.5. The number of amides is 3. The molecule has 23 nitrogen and oxygen atoms in total. The Morgan fingerprint density at radius 1 is 0.758 bits per heavy atom. The van der Waals surface area contributed by atoms with Gasteiger partial charge in [0.1, 0.15) is 6.04 Å². The molecule has 1 aromatic carbocycles. The second kappa shape index (κ2) is 27.6. The van der Waals surface area contributed by atoms with Gasteiger partial charge >= 0.3 is 11.9 Å². The van der Waals surface area contributed by atoms with Crippen molar-refractivity contribution in [1.82, 2.24) is 55.3 Å². The molecule has 344 valence electrons. The number of nitrogens with zero attached hydrogens (tertiary/aromatic N) is 7. The third-order valence-electron chi connectivity index (χ3n) is 10.4. The smallest absolute Gasteiger partial charge is 0.328 e. The van der Waals surface area contributed by atoms with Gasteiger partial charge in [-0.15, -0.1) is 0 Å². The number of fused-ring (bicyclic) bond motifs is 1. The molecule has 23 heteroatoms. The number of unbranched alkanes of at least 4 members (excludes halogenated alkanes) is 2. The molecule has 62 heavy (non-hydrogen) atoms. The van der Waals surface area contributed by atoms with Crippen LogP contribution in [0, 0.1) is 0 Å². The topological polar surface area (TPSA) is 292 Å². The Labute approximate surface area is 359 Å². The number of H-pyrrole nitrogens is 1. The largest absolute Gasteiger partial charge is 0.480 e. The molecule has 0 unspecified atom stereocenters. The van der Waals surface area contributed by atoms with E-state index in [1.165, 1.54) is 0 Å². The van der Waals surface area contributed by atoms with Crippen molar-refractivity contribution in [2.75, 3.05) is 117 Å². The maximum atomic E-state index is 13.0. The molecule has 0 radical (unpaired) electrons. The van der Waals surface area contributed by atoms with Crippen LogP contribution in [0.15, 0.2) is 36.8 Å². The number of aromatic nitrogens is 4. The summed E-state index contributed by atoms with van der Waals surface area (Å²) < 4.78 is 1.84. The number of anilines is 1. The van der Waals surface area contributed by atoms with Crippen LogP contribution in [0.5, 0.6) is 0 Å². The van der Waals surface area contributed by atoms with Crippen LogP contribution in [0.3, 0.4) is 0 Å². The Kier molecular flexibility index (Phi) is 22.0. The first-order valence-electron chi connectivity index (χ1n) is 20.9. The molecule has 1 saturated heterocycles. The molecule has 4 rings (SSSR count). The average Bonchev–Trinajstić information content (AvgIpc) is 3.93. The van der Waals surface area contributed by atoms with Crippen molar-refractivity contribution in [3.63, 3.8) is 0 Å². The predicted octanol–water partition coefficient (Wildman–Crippen LogP) is -0.477. The van der Waals surface area contributed by atoms with Crippen LogP contribution in [0.2, 0.25) is 0 Å². The first-order valence-corrected chi connectivity index (χ1v) is 20.9. The molecule has 0 bridgehead atoms. The van der Waals surface area contributed by atoms with Crippen LogP contribution >= 0.6 is 0 Å². The zero-order valence-corrected chi connectivity index (χ0v) is 35.1. The number of carboxylic acid groups (broad SMARTS) is 2. The highest BCUT2D eigenvalue weighted by atomic mass is 17.1. The van der Waals surface area contributed by atoms with E-state index in [0.717, 1.165) is 17.3 Å². The predicted molar refractivity (Wildman–Crippen MR) is 225 cm³/mol. The van der Waals surface area contributed by atoms with Crippen molar-refractivity contribution in [2.24, 2.45) is 0 Å². The average molecular weight is 875 g/mol. The second-order valence-corrected chi connectivity index (χ2v) is 15.0. The summed E-state index contributed by atoms with van der Waals surface area (Å²) in [6.07, 6.45) is 7.57. The first-order chi connectivity index (χ1) is 30.0. The number of imidazole rings is 1. The van der Waals surface area contributed by atoms with Crippen LogP contribution in [0.4, 0.5) is 5.95 Å². The second-order valence-electron chi connectivity index (χ2n) is 15.0. The van der Waals surface area contributed by atoms with Crippen LogP contribution in [0.1, 0.15) is 42.5 Å². The van der Waals surface area contributed by atoms with E-state index in [1.807, 2.05) is 14.5 Å². The fourth-order valence-electron chi connectivity index (χ4n) is 6.91. The Morgan fingerprint density at radius 3 is 2.03 bits per heavy atom. The number of aromatic amines is 1. The Morgan fingerprint density at radius 2 is 1.42 bits per heavy atom. The molecule has 3 amide bonds. The fourth-order valence-corrected chi connectivity index (χ4v) is 6.91. The number of benzene rings is 1. The lowest BCUT2D eigenvalue weighted by molar-refractivity contribution is -0.245. The summed E-state index contributed by atoms with van der Waals surface area (Å²) in [6.45, 7) is 6.60. The Balaban J connectivity index is 1.15. The van der Waals surface area contributed by atoms with Gasteiger partial charge in [0.15, 0.2) is 5.95 Å². The van der Waals surface area contributed by atoms with Crippen molar-refractivity contribution < 1.29 is 54.5 Å². The molecule has 3 aromatic rings. The lowest BCUT2D eigenvalue weighted by Crippen LogP contribution is -2.49. The molecule has 1 fully saturated rings. The summed E-state index contributed by atoms with van der Waals surface area (Å²) in [5.41, 5.74) is 1.18. The van der Waals surface area contributed by atoms with Crippen molar-refractivity contribution >= 4 is 46.5 Å². The van der Waals surface area contributed by atoms with Gasteiger partial charge in [0.05, 0.1) is 38.0 Å². The van der Waals surface area contributed by atoms with E-state index in [1.54, 1.807) is 36.8 Å². The molecule has 0 spiro atoms. The van der Waals surface area contributed by atoms with Crippen LogP contribution < -0.4 is 21.3 Å². The number of aryl methyl sites for hydroxylation is 1. The quantitative estimate of drug-likeness (QED) is 0.0280. The monoisotopic (exact) mass is 874 g/mol. The number of carbonyl (C=O) groups is 5. The number of rotatable bonds is 26. The van der Waals surface area contributed by atoms with Crippen molar-refractivity contribution in [2.45, 2.75) is 44.7 Å².